The Morgan fingerprint density at radius 1 is 1.08 bits per heavy atom. The zero-order chi connectivity index (χ0) is 8.97. The molecule has 0 aliphatic heterocycles. The van der Waals surface area contributed by atoms with Gasteiger partial charge in [-0.1, -0.05) is 0 Å². The molecule has 0 aliphatic carbocycles. The molecule has 0 aliphatic rings. The molecule has 0 radical (unpaired) electrons. The van der Waals surface area contributed by atoms with E-state index in [9.17, 15) is 13.2 Å². The summed E-state index contributed by atoms with van der Waals surface area (Å²) in [6.07, 6.45) is 0. The average molecular weight is 175 g/mol. The van der Waals surface area contributed by atoms with Crippen LogP contribution in [0, 0.1) is 11.6 Å². The molecule has 0 bridgehead atoms. The van der Waals surface area contributed by atoms with Crippen molar-refractivity contribution in [3.63, 3.8) is 0 Å². The molecular weight excluding hydrogens is 167 g/mol. The lowest BCUT2D eigenvalue weighted by Crippen LogP contribution is -2.03. The maximum absolute atomic E-state index is 12.5. The first-order valence-corrected chi connectivity index (χ1v) is 3.48. The standard InChI is InChI=1S/C8H8F3N/c9-1-2-12-8-4-6(10)3-7(11)5-8/h3-5,12H,1-2H2. The van der Waals surface area contributed by atoms with Crippen LogP contribution in [0.1, 0.15) is 0 Å². The van der Waals surface area contributed by atoms with Gasteiger partial charge in [0.2, 0.25) is 0 Å². The Morgan fingerprint density at radius 2 is 1.67 bits per heavy atom. The summed E-state index contributed by atoms with van der Waals surface area (Å²) in [7, 11) is 0. The number of alkyl halides is 1. The summed E-state index contributed by atoms with van der Waals surface area (Å²) in [6.45, 7) is -0.513. The van der Waals surface area contributed by atoms with Gasteiger partial charge in [0.05, 0.1) is 0 Å². The lowest BCUT2D eigenvalue weighted by Gasteiger charge is -2.03. The van der Waals surface area contributed by atoms with Gasteiger partial charge in [-0.2, -0.15) is 0 Å². The maximum Gasteiger partial charge on any atom is 0.128 e. The van der Waals surface area contributed by atoms with Crippen molar-refractivity contribution in [1.82, 2.24) is 0 Å². The van der Waals surface area contributed by atoms with Gasteiger partial charge in [0.1, 0.15) is 18.3 Å². The molecule has 0 fully saturated rings. The number of benzene rings is 1. The first kappa shape index (κ1) is 8.90. The fourth-order valence-corrected chi connectivity index (χ4v) is 0.847. The van der Waals surface area contributed by atoms with Gasteiger partial charge in [-0.25, -0.2) is 13.2 Å². The molecule has 0 aromatic heterocycles. The average Bonchev–Trinajstić information content (AvgIpc) is 1.99. The monoisotopic (exact) mass is 175 g/mol. The van der Waals surface area contributed by atoms with Crippen LogP contribution in [0.25, 0.3) is 0 Å². The van der Waals surface area contributed by atoms with Gasteiger partial charge in [0.25, 0.3) is 0 Å². The van der Waals surface area contributed by atoms with E-state index < -0.39 is 18.3 Å². The normalized spacial score (nSPS) is 9.92. The summed E-state index contributed by atoms with van der Waals surface area (Å²) in [5, 5.41) is 2.52. The van der Waals surface area contributed by atoms with Crippen LogP contribution in [0.5, 0.6) is 0 Å². The Kier molecular flexibility index (Phi) is 2.96. The molecule has 12 heavy (non-hydrogen) atoms. The molecule has 0 heterocycles. The van der Waals surface area contributed by atoms with Gasteiger partial charge in [0, 0.05) is 18.3 Å². The van der Waals surface area contributed by atoms with Gasteiger partial charge in [0.15, 0.2) is 0 Å². The summed E-state index contributed by atoms with van der Waals surface area (Å²) in [5.74, 6) is -1.34. The van der Waals surface area contributed by atoms with Gasteiger partial charge >= 0.3 is 0 Å². The zero-order valence-corrected chi connectivity index (χ0v) is 6.28. The van der Waals surface area contributed by atoms with E-state index in [4.69, 9.17) is 0 Å². The third-order valence-corrected chi connectivity index (χ3v) is 1.29. The largest absolute Gasteiger partial charge is 0.382 e. The molecule has 0 saturated heterocycles. The van der Waals surface area contributed by atoms with Gasteiger partial charge < -0.3 is 5.32 Å². The van der Waals surface area contributed by atoms with Crippen molar-refractivity contribution in [2.24, 2.45) is 0 Å². The quantitative estimate of drug-likeness (QED) is 0.743. The van der Waals surface area contributed by atoms with E-state index in [1.165, 1.54) is 0 Å². The highest BCUT2D eigenvalue weighted by atomic mass is 19.1. The van der Waals surface area contributed by atoms with Crippen LogP contribution in [-0.2, 0) is 0 Å². The van der Waals surface area contributed by atoms with Gasteiger partial charge in [-0.3, -0.25) is 0 Å². The van der Waals surface area contributed by atoms with Crippen molar-refractivity contribution in [3.8, 4) is 0 Å². The van der Waals surface area contributed by atoms with Crippen LogP contribution in [0.3, 0.4) is 0 Å². The van der Waals surface area contributed by atoms with E-state index in [0.29, 0.717) is 0 Å². The lowest BCUT2D eigenvalue weighted by atomic mass is 10.3. The smallest absolute Gasteiger partial charge is 0.128 e. The van der Waals surface area contributed by atoms with Crippen LogP contribution in [0.2, 0.25) is 0 Å². The van der Waals surface area contributed by atoms with E-state index >= 15 is 0 Å². The van der Waals surface area contributed by atoms with Crippen molar-refractivity contribution in [2.75, 3.05) is 18.5 Å². The van der Waals surface area contributed by atoms with Crippen LogP contribution in [0.4, 0.5) is 18.9 Å². The van der Waals surface area contributed by atoms with E-state index in [-0.39, 0.29) is 12.2 Å². The van der Waals surface area contributed by atoms with Crippen molar-refractivity contribution in [1.29, 1.82) is 0 Å². The fraction of sp³-hybridized carbons (Fsp3) is 0.250. The molecule has 0 unspecified atom stereocenters. The SMILES string of the molecule is FCCNc1cc(F)cc(F)c1. The number of hydrogen-bond donors (Lipinski definition) is 1. The third kappa shape index (κ3) is 2.45. The predicted molar refractivity (Wildman–Crippen MR) is 40.8 cm³/mol. The molecule has 1 aromatic rings. The molecule has 1 aromatic carbocycles. The summed E-state index contributed by atoms with van der Waals surface area (Å²) >= 11 is 0. The lowest BCUT2D eigenvalue weighted by molar-refractivity contribution is 0.512. The Hall–Kier alpha value is -1.19. The Morgan fingerprint density at radius 3 is 2.17 bits per heavy atom. The van der Waals surface area contributed by atoms with Crippen molar-refractivity contribution < 1.29 is 13.2 Å². The summed E-state index contributed by atoms with van der Waals surface area (Å²) in [5.41, 5.74) is 0.255. The van der Waals surface area contributed by atoms with Crippen LogP contribution >= 0.6 is 0 Å². The fourth-order valence-electron chi connectivity index (χ4n) is 0.847. The molecular formula is C8H8F3N. The topological polar surface area (TPSA) is 12.0 Å². The van der Waals surface area contributed by atoms with E-state index in [2.05, 4.69) is 5.32 Å². The highest BCUT2D eigenvalue weighted by Gasteiger charge is 1.98. The molecule has 1 N–H and O–H groups in total. The highest BCUT2D eigenvalue weighted by Crippen LogP contribution is 2.12. The molecule has 1 nitrogen and oxygen atoms in total. The second-order valence-electron chi connectivity index (χ2n) is 2.27. The Balaban J connectivity index is 2.72. The highest BCUT2D eigenvalue weighted by molar-refractivity contribution is 5.43. The van der Waals surface area contributed by atoms with Crippen LogP contribution < -0.4 is 5.32 Å². The van der Waals surface area contributed by atoms with Crippen LogP contribution in [-0.4, -0.2) is 13.2 Å². The number of nitrogens with one attached hydrogen (secondary N) is 1. The summed E-state index contributed by atoms with van der Waals surface area (Å²) < 4.78 is 36.6. The first-order valence-electron chi connectivity index (χ1n) is 3.48. The number of anilines is 1. The van der Waals surface area contributed by atoms with Crippen molar-refractivity contribution in [3.05, 3.63) is 29.8 Å². The second kappa shape index (κ2) is 3.99. The molecule has 66 valence electrons. The number of hydrogen-bond acceptors (Lipinski definition) is 1. The Bertz CT molecular complexity index is 242. The predicted octanol–water partition coefficient (Wildman–Crippen LogP) is 2.35. The second-order valence-corrected chi connectivity index (χ2v) is 2.27. The zero-order valence-electron chi connectivity index (χ0n) is 6.28. The van der Waals surface area contributed by atoms with Crippen molar-refractivity contribution in [2.45, 2.75) is 0 Å². The minimum absolute atomic E-state index is 0.0584. The van der Waals surface area contributed by atoms with E-state index in [1.54, 1.807) is 0 Å². The van der Waals surface area contributed by atoms with Crippen molar-refractivity contribution >= 4 is 5.69 Å². The molecule has 1 rings (SSSR count). The maximum atomic E-state index is 12.5. The number of halogens is 3. The van der Waals surface area contributed by atoms with E-state index in [1.807, 2.05) is 0 Å². The molecule has 0 amide bonds. The Labute approximate surface area is 68.2 Å². The van der Waals surface area contributed by atoms with Crippen LogP contribution in [0.15, 0.2) is 18.2 Å². The van der Waals surface area contributed by atoms with Gasteiger partial charge in [-0.05, 0) is 12.1 Å². The summed E-state index contributed by atoms with van der Waals surface area (Å²) in [6, 6.07) is 2.98. The molecule has 0 atom stereocenters. The third-order valence-electron chi connectivity index (χ3n) is 1.29. The van der Waals surface area contributed by atoms with Gasteiger partial charge in [-0.15, -0.1) is 0 Å². The number of rotatable bonds is 3. The minimum atomic E-state index is -0.670. The molecule has 0 spiro atoms. The first-order chi connectivity index (χ1) is 5.72. The summed E-state index contributed by atoms with van der Waals surface area (Å²) in [4.78, 5) is 0. The van der Waals surface area contributed by atoms with E-state index in [0.717, 1.165) is 18.2 Å². The molecule has 0 saturated carbocycles. The molecule has 4 heteroatoms. The minimum Gasteiger partial charge on any atom is -0.382 e.